The summed E-state index contributed by atoms with van der Waals surface area (Å²) in [5.41, 5.74) is 0. The van der Waals surface area contributed by atoms with Crippen molar-refractivity contribution in [3.05, 3.63) is 48.6 Å². The first kappa shape index (κ1) is 46.8. The molecule has 0 saturated carbocycles. The smallest absolute Gasteiger partial charge is 0.0830 e. The molecule has 0 bridgehead atoms. The monoisotopic (exact) mass is 674 g/mol. The van der Waals surface area contributed by atoms with Crippen LogP contribution in [0, 0.1) is 0 Å². The van der Waals surface area contributed by atoms with E-state index in [-0.39, 0.29) is 6.10 Å². The number of rotatable bonds is 39. The minimum atomic E-state index is 0.145. The predicted molar refractivity (Wildman–Crippen MR) is 213 cm³/mol. The van der Waals surface area contributed by atoms with Crippen molar-refractivity contribution in [3.63, 3.8) is 0 Å². The van der Waals surface area contributed by atoms with Crippen LogP contribution in [0.4, 0.5) is 0 Å². The summed E-state index contributed by atoms with van der Waals surface area (Å²) < 4.78 is 18.2. The summed E-state index contributed by atoms with van der Waals surface area (Å²) in [4.78, 5) is 2.16. The highest BCUT2D eigenvalue weighted by Crippen LogP contribution is 2.11. The van der Waals surface area contributed by atoms with Gasteiger partial charge in [-0.25, -0.2) is 0 Å². The lowest BCUT2D eigenvalue weighted by Gasteiger charge is -2.19. The van der Waals surface area contributed by atoms with Gasteiger partial charge in [0.2, 0.25) is 0 Å². The second kappa shape index (κ2) is 42.0. The number of ether oxygens (including phenoxy) is 3. The van der Waals surface area contributed by atoms with Gasteiger partial charge >= 0.3 is 0 Å². The molecule has 0 aromatic carbocycles. The topological polar surface area (TPSA) is 30.9 Å². The van der Waals surface area contributed by atoms with Crippen molar-refractivity contribution >= 4 is 0 Å². The SMILES string of the molecule is CCCCC/C=C/C/C=C/CCCCCCCCOCC(CCOCCN(C)C)OCCCCCCCC/C=C/C/C=C/CCCCC. The average molecular weight is 674 g/mol. The molecular formula is C44H83NO3. The normalized spacial score (nSPS) is 13.1. The van der Waals surface area contributed by atoms with Crippen LogP contribution in [0.5, 0.6) is 0 Å². The Kier molecular flexibility index (Phi) is 40.9. The number of hydrogen-bond acceptors (Lipinski definition) is 4. The molecule has 0 saturated heterocycles. The van der Waals surface area contributed by atoms with Crippen LogP contribution >= 0.6 is 0 Å². The lowest BCUT2D eigenvalue weighted by molar-refractivity contribution is -0.0354. The number of unbranched alkanes of at least 4 members (excludes halogenated alkanes) is 18. The van der Waals surface area contributed by atoms with Gasteiger partial charge in [-0.05, 0) is 97.6 Å². The highest BCUT2D eigenvalue weighted by molar-refractivity contribution is 4.93. The standard InChI is InChI=1S/C44H83NO3/c1-5-7-9-11-13-15-17-19-21-23-25-27-29-31-33-35-39-47-43-44(37-41-46-42-38-45(3)4)48-40-36-34-32-30-28-26-24-22-20-18-16-14-12-10-8-6-2/h13-16,19-22,44H,5-12,17-18,23-43H2,1-4H3/b15-13+,16-14+,21-19+,22-20+. The Morgan fingerprint density at radius 1 is 0.438 bits per heavy atom. The molecule has 0 aromatic rings. The molecule has 0 rings (SSSR count). The molecule has 0 aliphatic carbocycles. The van der Waals surface area contributed by atoms with Crippen LogP contribution in [-0.2, 0) is 14.2 Å². The Hall–Kier alpha value is -1.20. The summed E-state index contributed by atoms with van der Waals surface area (Å²) in [5.74, 6) is 0. The molecule has 1 atom stereocenters. The second-order valence-corrected chi connectivity index (χ2v) is 13.9. The maximum Gasteiger partial charge on any atom is 0.0830 e. The molecule has 4 nitrogen and oxygen atoms in total. The molecule has 0 amide bonds. The molecule has 282 valence electrons. The van der Waals surface area contributed by atoms with Gasteiger partial charge in [0.1, 0.15) is 0 Å². The van der Waals surface area contributed by atoms with Crippen LogP contribution < -0.4 is 0 Å². The van der Waals surface area contributed by atoms with Gasteiger partial charge in [-0.1, -0.05) is 140 Å². The molecule has 0 heterocycles. The quantitative estimate of drug-likeness (QED) is 0.0480. The highest BCUT2D eigenvalue weighted by Gasteiger charge is 2.10. The highest BCUT2D eigenvalue weighted by atomic mass is 16.5. The van der Waals surface area contributed by atoms with Crippen molar-refractivity contribution < 1.29 is 14.2 Å². The van der Waals surface area contributed by atoms with E-state index in [2.05, 4.69) is 81.5 Å². The van der Waals surface area contributed by atoms with Gasteiger partial charge in [0.05, 0.1) is 19.3 Å². The fourth-order valence-electron chi connectivity index (χ4n) is 5.53. The first-order chi connectivity index (χ1) is 23.7. The third-order valence-electron chi connectivity index (χ3n) is 8.76. The van der Waals surface area contributed by atoms with Gasteiger partial charge < -0.3 is 19.1 Å². The second-order valence-electron chi connectivity index (χ2n) is 13.9. The minimum Gasteiger partial charge on any atom is -0.380 e. The molecule has 1 unspecified atom stereocenters. The van der Waals surface area contributed by atoms with Crippen LogP contribution in [0.2, 0.25) is 0 Å². The largest absolute Gasteiger partial charge is 0.380 e. The summed E-state index contributed by atoms with van der Waals surface area (Å²) >= 11 is 0. The molecule has 0 aliphatic rings. The minimum absolute atomic E-state index is 0.145. The zero-order valence-electron chi connectivity index (χ0n) is 32.8. The first-order valence-corrected chi connectivity index (χ1v) is 20.7. The van der Waals surface area contributed by atoms with E-state index < -0.39 is 0 Å². The van der Waals surface area contributed by atoms with Crippen molar-refractivity contribution in [2.75, 3.05) is 53.7 Å². The van der Waals surface area contributed by atoms with E-state index >= 15 is 0 Å². The fourth-order valence-corrected chi connectivity index (χ4v) is 5.53. The Balaban J connectivity index is 3.84. The molecule has 48 heavy (non-hydrogen) atoms. The zero-order valence-corrected chi connectivity index (χ0v) is 32.8. The summed E-state index contributed by atoms with van der Waals surface area (Å²) in [5, 5.41) is 0. The summed E-state index contributed by atoms with van der Waals surface area (Å²) in [6, 6.07) is 0. The van der Waals surface area contributed by atoms with Gasteiger partial charge in [-0.15, -0.1) is 0 Å². The zero-order chi connectivity index (χ0) is 34.9. The summed E-state index contributed by atoms with van der Waals surface area (Å²) in [7, 11) is 4.17. The molecule has 0 radical (unpaired) electrons. The van der Waals surface area contributed by atoms with E-state index in [9.17, 15) is 0 Å². The molecule has 0 aromatic heterocycles. The van der Waals surface area contributed by atoms with Crippen LogP contribution in [0.25, 0.3) is 0 Å². The van der Waals surface area contributed by atoms with Gasteiger partial charge in [0, 0.05) is 26.4 Å². The maximum atomic E-state index is 6.28. The third-order valence-corrected chi connectivity index (χ3v) is 8.76. The third kappa shape index (κ3) is 41.0. The summed E-state index contributed by atoms with van der Waals surface area (Å²) in [6.07, 6.45) is 50.4. The molecule has 0 spiro atoms. The van der Waals surface area contributed by atoms with Crippen LogP contribution in [0.15, 0.2) is 48.6 Å². The van der Waals surface area contributed by atoms with Crippen molar-refractivity contribution in [3.8, 4) is 0 Å². The maximum absolute atomic E-state index is 6.28. The van der Waals surface area contributed by atoms with Gasteiger partial charge in [0.25, 0.3) is 0 Å². The first-order valence-electron chi connectivity index (χ1n) is 20.7. The van der Waals surface area contributed by atoms with Gasteiger partial charge in [-0.3, -0.25) is 0 Å². The number of allylic oxidation sites excluding steroid dienone is 8. The van der Waals surface area contributed by atoms with Crippen molar-refractivity contribution in [1.82, 2.24) is 4.90 Å². The molecule has 4 heteroatoms. The van der Waals surface area contributed by atoms with Gasteiger partial charge in [-0.2, -0.15) is 0 Å². The van der Waals surface area contributed by atoms with E-state index in [0.717, 1.165) is 65.1 Å². The molecule has 0 fully saturated rings. The molecule has 0 N–H and O–H groups in total. The molecule has 0 aliphatic heterocycles. The molecular weight excluding hydrogens is 590 g/mol. The van der Waals surface area contributed by atoms with Crippen molar-refractivity contribution in [1.29, 1.82) is 0 Å². The fraction of sp³-hybridized carbons (Fsp3) is 0.818. The van der Waals surface area contributed by atoms with Crippen molar-refractivity contribution in [2.24, 2.45) is 0 Å². The number of nitrogens with zero attached hydrogens (tertiary/aromatic N) is 1. The Morgan fingerprint density at radius 2 is 0.875 bits per heavy atom. The van der Waals surface area contributed by atoms with Crippen molar-refractivity contribution in [2.45, 2.75) is 180 Å². The Bertz CT molecular complexity index is 714. The van der Waals surface area contributed by atoms with E-state index in [1.54, 1.807) is 0 Å². The average Bonchev–Trinajstić information content (AvgIpc) is 3.08. The van der Waals surface area contributed by atoms with E-state index in [4.69, 9.17) is 14.2 Å². The summed E-state index contributed by atoms with van der Waals surface area (Å²) in [6.45, 7) is 9.39. The number of hydrogen-bond donors (Lipinski definition) is 0. The lowest BCUT2D eigenvalue weighted by Crippen LogP contribution is -2.24. The Labute approximate surface area is 301 Å². The predicted octanol–water partition coefficient (Wildman–Crippen LogP) is 13.0. The van der Waals surface area contributed by atoms with E-state index in [1.165, 1.54) is 128 Å². The van der Waals surface area contributed by atoms with Crippen LogP contribution in [0.1, 0.15) is 174 Å². The van der Waals surface area contributed by atoms with Crippen LogP contribution in [-0.4, -0.2) is 64.7 Å². The van der Waals surface area contributed by atoms with Crippen LogP contribution in [0.3, 0.4) is 0 Å². The van der Waals surface area contributed by atoms with E-state index in [1.807, 2.05) is 0 Å². The lowest BCUT2D eigenvalue weighted by atomic mass is 10.1. The van der Waals surface area contributed by atoms with Gasteiger partial charge in [0.15, 0.2) is 0 Å². The number of likely N-dealkylation sites (N-methyl/N-ethyl adjacent to an activating group) is 1. The van der Waals surface area contributed by atoms with E-state index in [0.29, 0.717) is 6.61 Å². The Morgan fingerprint density at radius 3 is 1.35 bits per heavy atom.